The zero-order valence-corrected chi connectivity index (χ0v) is 17.2. The predicted octanol–water partition coefficient (Wildman–Crippen LogP) is 2.68. The van der Waals surface area contributed by atoms with Gasteiger partial charge in [-0.2, -0.15) is 0 Å². The molecule has 9 heteroatoms. The van der Waals surface area contributed by atoms with E-state index in [1.807, 2.05) is 0 Å². The topological polar surface area (TPSA) is 112 Å². The van der Waals surface area contributed by atoms with E-state index in [-0.39, 0.29) is 22.7 Å². The van der Waals surface area contributed by atoms with E-state index in [4.69, 9.17) is 4.74 Å². The number of carbonyl (C=O) groups is 3. The number of nitro groups is 1. The van der Waals surface area contributed by atoms with Crippen LogP contribution in [0.3, 0.4) is 0 Å². The molecule has 0 fully saturated rings. The Morgan fingerprint density at radius 1 is 1.24 bits per heavy atom. The molecule has 0 aliphatic carbocycles. The van der Waals surface area contributed by atoms with Crippen LogP contribution in [0.1, 0.15) is 49.4 Å². The Morgan fingerprint density at radius 3 is 2.41 bits per heavy atom. The second-order valence-electron chi connectivity index (χ2n) is 6.75. The number of non-ortho nitro benzene ring substituents is 1. The third kappa shape index (κ3) is 3.89. The van der Waals surface area contributed by atoms with Crippen LogP contribution in [0.2, 0.25) is 0 Å². The smallest absolute Gasteiger partial charge is 0.354 e. The maximum Gasteiger partial charge on any atom is 0.354 e. The molecular formula is C20H23N3O6. The number of benzene rings is 1. The summed E-state index contributed by atoms with van der Waals surface area (Å²) in [5.41, 5.74) is 1.58. The molecule has 1 heterocycles. The van der Waals surface area contributed by atoms with Crippen molar-refractivity contribution in [2.45, 2.75) is 26.8 Å². The number of ether oxygens (including phenoxy) is 1. The van der Waals surface area contributed by atoms with Crippen LogP contribution in [0.15, 0.2) is 24.3 Å². The Balaban J connectivity index is 2.37. The Labute approximate surface area is 168 Å². The van der Waals surface area contributed by atoms with Crippen molar-refractivity contribution in [2.75, 3.05) is 14.2 Å². The van der Waals surface area contributed by atoms with Gasteiger partial charge < -0.3 is 14.2 Å². The maximum absolute atomic E-state index is 13.1. The average Bonchev–Trinajstić information content (AvgIpc) is 2.93. The molecule has 0 aliphatic rings. The molecule has 9 nitrogen and oxygen atoms in total. The summed E-state index contributed by atoms with van der Waals surface area (Å²) in [4.78, 5) is 49.6. The monoisotopic (exact) mass is 401 g/mol. The third-order valence-electron chi connectivity index (χ3n) is 5.14. The van der Waals surface area contributed by atoms with Gasteiger partial charge in [-0.25, -0.2) is 4.79 Å². The summed E-state index contributed by atoms with van der Waals surface area (Å²) in [6.45, 7) is 4.94. The first-order chi connectivity index (χ1) is 13.5. The van der Waals surface area contributed by atoms with Crippen LogP contribution in [0, 0.1) is 24.0 Å². The molecule has 0 spiro atoms. The minimum Gasteiger partial charge on any atom is -0.464 e. The Kier molecular flexibility index (Phi) is 6.21. The molecule has 2 rings (SSSR count). The molecule has 29 heavy (non-hydrogen) atoms. The lowest BCUT2D eigenvalue weighted by Gasteiger charge is -2.24. The molecule has 0 saturated heterocycles. The molecule has 0 N–H and O–H groups in total. The summed E-state index contributed by atoms with van der Waals surface area (Å²) in [6, 6.07) is 4.48. The van der Waals surface area contributed by atoms with Gasteiger partial charge in [-0.15, -0.1) is 0 Å². The van der Waals surface area contributed by atoms with Gasteiger partial charge in [0.1, 0.15) is 5.69 Å². The van der Waals surface area contributed by atoms with Crippen LogP contribution in [0.25, 0.3) is 0 Å². The van der Waals surface area contributed by atoms with Crippen LogP contribution >= 0.6 is 0 Å². The molecule has 0 unspecified atom stereocenters. The van der Waals surface area contributed by atoms with Gasteiger partial charge in [0.2, 0.25) is 0 Å². The summed E-state index contributed by atoms with van der Waals surface area (Å²) in [5, 5.41) is 10.9. The first-order valence-corrected chi connectivity index (χ1v) is 8.82. The molecule has 1 aromatic carbocycles. The predicted molar refractivity (Wildman–Crippen MR) is 105 cm³/mol. The SMILES string of the molecule is COC(=O)c1c(C)c(C(=O)[C@H](C)N(C)C(=O)c2cccc([N+](=O)[O-])c2)c(C)n1C. The highest BCUT2D eigenvalue weighted by atomic mass is 16.6. The van der Waals surface area contributed by atoms with Crippen molar-refractivity contribution in [2.24, 2.45) is 7.05 Å². The zero-order chi connectivity index (χ0) is 22.0. The first-order valence-electron chi connectivity index (χ1n) is 8.82. The lowest BCUT2D eigenvalue weighted by molar-refractivity contribution is -0.384. The number of nitro benzene ring substituents is 1. The maximum atomic E-state index is 13.1. The molecular weight excluding hydrogens is 378 g/mol. The number of hydrogen-bond acceptors (Lipinski definition) is 6. The molecule has 2 aromatic rings. The van der Waals surface area contributed by atoms with Gasteiger partial charge in [0.05, 0.1) is 18.1 Å². The Hall–Kier alpha value is -3.49. The van der Waals surface area contributed by atoms with Gasteiger partial charge in [-0.05, 0) is 32.4 Å². The number of methoxy groups -OCH3 is 1. The number of aromatic nitrogens is 1. The molecule has 1 aromatic heterocycles. The Bertz CT molecular complexity index is 1010. The van der Waals surface area contributed by atoms with Gasteiger partial charge in [0.25, 0.3) is 11.6 Å². The molecule has 0 bridgehead atoms. The van der Waals surface area contributed by atoms with E-state index in [0.29, 0.717) is 16.8 Å². The number of amides is 1. The molecule has 0 saturated carbocycles. The van der Waals surface area contributed by atoms with Crippen molar-refractivity contribution in [1.29, 1.82) is 0 Å². The van der Waals surface area contributed by atoms with Gasteiger partial charge in [0.15, 0.2) is 5.78 Å². The van der Waals surface area contributed by atoms with Crippen molar-refractivity contribution >= 4 is 23.3 Å². The van der Waals surface area contributed by atoms with E-state index in [2.05, 4.69) is 0 Å². The highest BCUT2D eigenvalue weighted by Gasteiger charge is 2.31. The number of likely N-dealkylation sites (N-methyl/N-ethyl adjacent to an activating group) is 1. The van der Waals surface area contributed by atoms with Crippen LogP contribution in [-0.4, -0.2) is 52.2 Å². The molecule has 0 radical (unpaired) electrons. The van der Waals surface area contributed by atoms with E-state index >= 15 is 0 Å². The minimum absolute atomic E-state index is 0.109. The number of hydrogen-bond donors (Lipinski definition) is 0. The van der Waals surface area contributed by atoms with Gasteiger partial charge >= 0.3 is 5.97 Å². The molecule has 1 amide bonds. The third-order valence-corrected chi connectivity index (χ3v) is 5.14. The number of nitrogens with zero attached hydrogens (tertiary/aromatic N) is 3. The first kappa shape index (κ1) is 21.8. The molecule has 154 valence electrons. The van der Waals surface area contributed by atoms with E-state index in [1.165, 1.54) is 43.3 Å². The molecule has 1 atom stereocenters. The van der Waals surface area contributed by atoms with Gasteiger partial charge in [-0.1, -0.05) is 6.07 Å². The summed E-state index contributed by atoms with van der Waals surface area (Å²) in [6.07, 6.45) is 0. The van der Waals surface area contributed by atoms with E-state index in [1.54, 1.807) is 32.4 Å². The normalized spacial score (nSPS) is 11.7. The quantitative estimate of drug-likeness (QED) is 0.318. The highest BCUT2D eigenvalue weighted by Crippen LogP contribution is 2.25. The van der Waals surface area contributed by atoms with Gasteiger partial charge in [0, 0.05) is 43.0 Å². The van der Waals surface area contributed by atoms with Crippen molar-refractivity contribution < 1.29 is 24.0 Å². The van der Waals surface area contributed by atoms with Crippen molar-refractivity contribution in [3.05, 3.63) is 62.5 Å². The van der Waals surface area contributed by atoms with Crippen molar-refractivity contribution in [3.8, 4) is 0 Å². The summed E-state index contributed by atoms with van der Waals surface area (Å²) >= 11 is 0. The van der Waals surface area contributed by atoms with E-state index < -0.39 is 22.8 Å². The number of esters is 1. The fourth-order valence-corrected chi connectivity index (χ4v) is 3.24. The number of rotatable bonds is 6. The summed E-state index contributed by atoms with van der Waals surface area (Å²) in [5.74, 6) is -1.41. The lowest BCUT2D eigenvalue weighted by atomic mass is 9.99. The van der Waals surface area contributed by atoms with Crippen molar-refractivity contribution in [1.82, 2.24) is 9.47 Å². The minimum atomic E-state index is -0.855. The second-order valence-corrected chi connectivity index (χ2v) is 6.75. The van der Waals surface area contributed by atoms with Crippen LogP contribution in [0.5, 0.6) is 0 Å². The number of ketones is 1. The molecule has 0 aliphatic heterocycles. The Morgan fingerprint density at radius 2 is 1.86 bits per heavy atom. The summed E-state index contributed by atoms with van der Waals surface area (Å²) in [7, 11) is 4.38. The van der Waals surface area contributed by atoms with E-state index in [9.17, 15) is 24.5 Å². The largest absolute Gasteiger partial charge is 0.464 e. The van der Waals surface area contributed by atoms with Gasteiger partial charge in [-0.3, -0.25) is 19.7 Å². The average molecular weight is 401 g/mol. The summed E-state index contributed by atoms with van der Waals surface area (Å²) < 4.78 is 6.38. The second kappa shape index (κ2) is 8.26. The number of carbonyl (C=O) groups excluding carboxylic acids is 3. The van der Waals surface area contributed by atoms with E-state index in [0.717, 1.165) is 0 Å². The fourth-order valence-electron chi connectivity index (χ4n) is 3.24. The standard InChI is InChI=1S/C20H23N3O6/c1-11-16(12(2)21(4)17(11)20(26)29-6)18(24)13(3)22(5)19(25)14-8-7-9-15(10-14)23(27)28/h7-10,13H,1-6H3/t13-/m0/s1. The zero-order valence-electron chi connectivity index (χ0n) is 17.2. The number of Topliss-reactive ketones (excluding diaryl/α,β-unsaturated/α-hetero) is 1. The van der Waals surface area contributed by atoms with Crippen molar-refractivity contribution in [3.63, 3.8) is 0 Å². The van der Waals surface area contributed by atoms with Crippen LogP contribution < -0.4 is 0 Å². The lowest BCUT2D eigenvalue weighted by Crippen LogP contribution is -2.40. The van der Waals surface area contributed by atoms with Crippen LogP contribution in [-0.2, 0) is 11.8 Å². The fraction of sp³-hybridized carbons (Fsp3) is 0.350. The highest BCUT2D eigenvalue weighted by molar-refractivity contribution is 6.07. The van der Waals surface area contributed by atoms with Crippen LogP contribution in [0.4, 0.5) is 5.69 Å².